The minimum atomic E-state index is -0.286. The number of nitrogens with zero attached hydrogens (tertiary/aromatic N) is 2. The predicted octanol–water partition coefficient (Wildman–Crippen LogP) is -0.896. The summed E-state index contributed by atoms with van der Waals surface area (Å²) in [6.07, 6.45) is 0.245. The Bertz CT molecular complexity index is 269. The molecule has 1 unspecified atom stereocenters. The molecule has 0 aliphatic carbocycles. The molecule has 1 aliphatic rings. The van der Waals surface area contributed by atoms with Crippen LogP contribution in [0.2, 0.25) is 0 Å². The van der Waals surface area contributed by atoms with E-state index >= 15 is 0 Å². The zero-order chi connectivity index (χ0) is 9.84. The van der Waals surface area contributed by atoms with Crippen LogP contribution in [0, 0.1) is 17.2 Å². The van der Waals surface area contributed by atoms with E-state index in [1.165, 1.54) is 4.90 Å². The average molecular weight is 181 g/mol. The Kier molecular flexibility index (Phi) is 2.85. The van der Waals surface area contributed by atoms with Crippen molar-refractivity contribution in [3.8, 4) is 6.07 Å². The lowest BCUT2D eigenvalue weighted by molar-refractivity contribution is -0.134. The third kappa shape index (κ3) is 2.18. The zero-order valence-corrected chi connectivity index (χ0v) is 7.41. The predicted molar refractivity (Wildman–Crippen MR) is 44.4 cm³/mol. The van der Waals surface area contributed by atoms with Crippen LogP contribution in [0.4, 0.5) is 0 Å². The van der Waals surface area contributed by atoms with Crippen LogP contribution in [-0.4, -0.2) is 36.9 Å². The van der Waals surface area contributed by atoms with Gasteiger partial charge in [0.15, 0.2) is 0 Å². The minimum Gasteiger partial charge on any atom is -0.355 e. The van der Waals surface area contributed by atoms with Crippen LogP contribution >= 0.6 is 0 Å². The molecule has 5 nitrogen and oxygen atoms in total. The maximum atomic E-state index is 11.5. The van der Waals surface area contributed by atoms with Gasteiger partial charge in [0.1, 0.15) is 6.54 Å². The second-order valence-electron chi connectivity index (χ2n) is 3.06. The summed E-state index contributed by atoms with van der Waals surface area (Å²) in [5.41, 5.74) is 0. The Morgan fingerprint density at radius 3 is 3.00 bits per heavy atom. The highest BCUT2D eigenvalue weighted by molar-refractivity contribution is 5.89. The third-order valence-corrected chi connectivity index (χ3v) is 2.01. The molecule has 1 aliphatic heterocycles. The largest absolute Gasteiger partial charge is 0.355 e. The SMILES string of the molecule is CN(CC#N)C(=O)C1CNC(=O)C1. The van der Waals surface area contributed by atoms with Gasteiger partial charge < -0.3 is 10.2 Å². The Labute approximate surface area is 76.3 Å². The normalized spacial score (nSPS) is 20.6. The number of carbonyl (C=O) groups excluding carboxylic acids is 2. The van der Waals surface area contributed by atoms with Gasteiger partial charge >= 0.3 is 0 Å². The third-order valence-electron chi connectivity index (χ3n) is 2.01. The molecule has 13 heavy (non-hydrogen) atoms. The van der Waals surface area contributed by atoms with Gasteiger partial charge in [-0.25, -0.2) is 0 Å². The maximum Gasteiger partial charge on any atom is 0.228 e. The first-order valence-electron chi connectivity index (χ1n) is 4.03. The van der Waals surface area contributed by atoms with Gasteiger partial charge in [-0.3, -0.25) is 9.59 Å². The second-order valence-corrected chi connectivity index (χ2v) is 3.06. The summed E-state index contributed by atoms with van der Waals surface area (Å²) < 4.78 is 0. The van der Waals surface area contributed by atoms with Crippen molar-refractivity contribution < 1.29 is 9.59 Å². The molecule has 1 saturated heterocycles. The molecular weight excluding hydrogens is 170 g/mol. The summed E-state index contributed by atoms with van der Waals surface area (Å²) in [5.74, 6) is -0.519. The van der Waals surface area contributed by atoms with E-state index in [-0.39, 0.29) is 30.7 Å². The van der Waals surface area contributed by atoms with Gasteiger partial charge in [-0.1, -0.05) is 0 Å². The van der Waals surface area contributed by atoms with Crippen LogP contribution in [0.5, 0.6) is 0 Å². The summed E-state index contributed by atoms with van der Waals surface area (Å²) in [7, 11) is 1.56. The highest BCUT2D eigenvalue weighted by Crippen LogP contribution is 2.11. The molecule has 1 N–H and O–H groups in total. The average Bonchev–Trinajstić information content (AvgIpc) is 2.51. The van der Waals surface area contributed by atoms with E-state index < -0.39 is 0 Å². The number of carbonyl (C=O) groups is 2. The van der Waals surface area contributed by atoms with Crippen molar-refractivity contribution in [2.75, 3.05) is 20.1 Å². The van der Waals surface area contributed by atoms with Crippen molar-refractivity contribution in [3.05, 3.63) is 0 Å². The van der Waals surface area contributed by atoms with Gasteiger partial charge in [0.05, 0.1) is 12.0 Å². The Morgan fingerprint density at radius 2 is 2.54 bits per heavy atom. The first-order valence-corrected chi connectivity index (χ1v) is 4.03. The number of nitrogens with one attached hydrogen (secondary N) is 1. The summed E-state index contributed by atoms with van der Waals surface area (Å²) in [6.45, 7) is 0.469. The lowest BCUT2D eigenvalue weighted by Gasteiger charge is -2.16. The molecule has 70 valence electrons. The topological polar surface area (TPSA) is 73.2 Å². The summed E-state index contributed by atoms with van der Waals surface area (Å²) in [4.78, 5) is 23.6. The minimum absolute atomic E-state index is 0.0729. The fraction of sp³-hybridized carbons (Fsp3) is 0.625. The number of hydrogen-bond donors (Lipinski definition) is 1. The quantitative estimate of drug-likeness (QED) is 0.561. The van der Waals surface area contributed by atoms with E-state index in [0.717, 1.165) is 0 Å². The number of hydrogen-bond acceptors (Lipinski definition) is 3. The smallest absolute Gasteiger partial charge is 0.228 e. The van der Waals surface area contributed by atoms with Crippen LogP contribution in [0.3, 0.4) is 0 Å². The molecule has 2 amide bonds. The van der Waals surface area contributed by atoms with Gasteiger partial charge in [0.25, 0.3) is 0 Å². The Morgan fingerprint density at radius 1 is 1.85 bits per heavy atom. The van der Waals surface area contributed by atoms with Crippen LogP contribution in [0.25, 0.3) is 0 Å². The van der Waals surface area contributed by atoms with Crippen molar-refractivity contribution in [2.24, 2.45) is 5.92 Å². The monoisotopic (exact) mass is 181 g/mol. The summed E-state index contributed by atoms with van der Waals surface area (Å²) in [6, 6.07) is 1.88. The molecule has 0 bridgehead atoms. The molecule has 0 aromatic heterocycles. The lowest BCUT2D eigenvalue weighted by atomic mass is 10.1. The van der Waals surface area contributed by atoms with Gasteiger partial charge in [-0.2, -0.15) is 5.26 Å². The molecule has 1 atom stereocenters. The molecule has 1 heterocycles. The van der Waals surface area contributed by atoms with Crippen LogP contribution < -0.4 is 5.32 Å². The van der Waals surface area contributed by atoms with E-state index in [4.69, 9.17) is 5.26 Å². The van der Waals surface area contributed by atoms with Gasteiger partial charge in [-0.05, 0) is 0 Å². The second kappa shape index (κ2) is 3.90. The number of nitriles is 1. The van der Waals surface area contributed by atoms with E-state index in [1.54, 1.807) is 7.05 Å². The molecule has 0 aromatic carbocycles. The van der Waals surface area contributed by atoms with Crippen molar-refractivity contribution in [2.45, 2.75) is 6.42 Å². The molecule has 5 heteroatoms. The van der Waals surface area contributed by atoms with Crippen LogP contribution in [0.1, 0.15) is 6.42 Å². The molecule has 1 fully saturated rings. The first-order chi connectivity index (χ1) is 6.15. The van der Waals surface area contributed by atoms with Crippen molar-refractivity contribution >= 4 is 11.8 Å². The van der Waals surface area contributed by atoms with E-state index in [9.17, 15) is 9.59 Å². The summed E-state index contributed by atoms with van der Waals surface area (Å²) in [5, 5.41) is 10.9. The van der Waals surface area contributed by atoms with Crippen LogP contribution in [0.15, 0.2) is 0 Å². The lowest BCUT2D eigenvalue weighted by Crippen LogP contribution is -2.34. The Hall–Kier alpha value is -1.57. The van der Waals surface area contributed by atoms with Gasteiger partial charge in [0, 0.05) is 20.0 Å². The summed E-state index contributed by atoms with van der Waals surface area (Å²) >= 11 is 0. The molecule has 1 rings (SSSR count). The fourth-order valence-electron chi connectivity index (χ4n) is 1.28. The van der Waals surface area contributed by atoms with E-state index in [0.29, 0.717) is 6.54 Å². The molecular formula is C8H11N3O2. The van der Waals surface area contributed by atoms with Crippen molar-refractivity contribution in [1.82, 2.24) is 10.2 Å². The highest BCUT2D eigenvalue weighted by Gasteiger charge is 2.29. The number of rotatable bonds is 2. The first kappa shape index (κ1) is 9.52. The van der Waals surface area contributed by atoms with Gasteiger partial charge in [0.2, 0.25) is 11.8 Å². The maximum absolute atomic E-state index is 11.5. The van der Waals surface area contributed by atoms with Crippen molar-refractivity contribution in [1.29, 1.82) is 5.26 Å². The molecule has 0 saturated carbocycles. The Balaban J connectivity index is 2.49. The highest BCUT2D eigenvalue weighted by atomic mass is 16.2. The molecule has 0 radical (unpaired) electrons. The molecule has 0 aromatic rings. The zero-order valence-electron chi connectivity index (χ0n) is 7.41. The number of amides is 2. The van der Waals surface area contributed by atoms with E-state index in [1.807, 2.05) is 6.07 Å². The van der Waals surface area contributed by atoms with E-state index in [2.05, 4.69) is 5.32 Å². The molecule has 0 spiro atoms. The van der Waals surface area contributed by atoms with Crippen molar-refractivity contribution in [3.63, 3.8) is 0 Å². The van der Waals surface area contributed by atoms with Crippen LogP contribution in [-0.2, 0) is 9.59 Å². The standard InChI is InChI=1S/C8H11N3O2/c1-11(3-2-9)8(13)6-4-7(12)10-5-6/h6H,3-5H2,1H3,(H,10,12). The van der Waals surface area contributed by atoms with Gasteiger partial charge in [-0.15, -0.1) is 0 Å². The fourth-order valence-corrected chi connectivity index (χ4v) is 1.28.